The molecule has 5 nitrogen and oxygen atoms in total. The molecule has 4 aliphatic heterocycles. The van der Waals surface area contributed by atoms with Crippen molar-refractivity contribution in [3.63, 3.8) is 0 Å². The van der Waals surface area contributed by atoms with Crippen LogP contribution in [0.5, 0.6) is 0 Å². The third-order valence-electron chi connectivity index (χ3n) is 6.92. The van der Waals surface area contributed by atoms with Crippen LogP contribution < -0.4 is 5.43 Å². The van der Waals surface area contributed by atoms with E-state index in [1.54, 1.807) is 17.9 Å². The minimum Gasteiger partial charge on any atom is -0.364 e. The molecule has 1 amide bonds. The molecule has 2 bridgehead atoms. The molecular weight excluding hydrogens is 376 g/mol. The summed E-state index contributed by atoms with van der Waals surface area (Å²) >= 11 is 0. The van der Waals surface area contributed by atoms with E-state index >= 15 is 0 Å². The molecule has 0 saturated carbocycles. The number of H-pyrrole nitrogens is 1. The standard InChI is InChI=1S/C22H23F2N3O2/c1-12-9-18(28)15(10-25-12)22(29)27-11-16(14-3-2-4-17(23)19(14)24)21-20(27)13-5-7-26(21)8-6-13/h2-4,9-10,13,16,20-21H,5-8,11H2,1H3,(H,25,28)/t16-,20-,21-/m1/s1. The van der Waals surface area contributed by atoms with Crippen LogP contribution in [0, 0.1) is 24.5 Å². The smallest absolute Gasteiger partial charge is 0.259 e. The van der Waals surface area contributed by atoms with E-state index in [0.717, 1.165) is 32.0 Å². The van der Waals surface area contributed by atoms with Crippen LogP contribution in [0.2, 0.25) is 0 Å². The largest absolute Gasteiger partial charge is 0.364 e. The average Bonchev–Trinajstić information content (AvgIpc) is 3.13. The summed E-state index contributed by atoms with van der Waals surface area (Å²) in [6, 6.07) is 5.55. The van der Waals surface area contributed by atoms with Gasteiger partial charge in [-0.2, -0.15) is 0 Å². The number of nitrogens with one attached hydrogen (secondary N) is 1. The quantitative estimate of drug-likeness (QED) is 0.845. The first-order valence-electron chi connectivity index (χ1n) is 10.1. The van der Waals surface area contributed by atoms with E-state index < -0.39 is 11.6 Å². The Morgan fingerprint density at radius 2 is 1.93 bits per heavy atom. The average molecular weight is 399 g/mol. The predicted octanol–water partition coefficient (Wildman–Crippen LogP) is 2.66. The maximum Gasteiger partial charge on any atom is 0.259 e. The lowest BCUT2D eigenvalue weighted by atomic mass is 9.75. The van der Waals surface area contributed by atoms with Gasteiger partial charge in [-0.05, 0) is 50.4 Å². The van der Waals surface area contributed by atoms with E-state index in [9.17, 15) is 18.4 Å². The highest BCUT2D eigenvalue weighted by molar-refractivity contribution is 5.94. The number of carbonyl (C=O) groups excluding carboxylic acids is 1. The highest BCUT2D eigenvalue weighted by Crippen LogP contribution is 2.47. The van der Waals surface area contributed by atoms with Crippen molar-refractivity contribution >= 4 is 5.91 Å². The molecule has 1 aromatic heterocycles. The Hall–Kier alpha value is -2.54. The summed E-state index contributed by atoms with van der Waals surface area (Å²) in [7, 11) is 0. The molecule has 0 radical (unpaired) electrons. The maximum absolute atomic E-state index is 14.7. The van der Waals surface area contributed by atoms with Crippen molar-refractivity contribution in [2.24, 2.45) is 5.92 Å². The second-order valence-corrected chi connectivity index (χ2v) is 8.46. The van der Waals surface area contributed by atoms with Crippen LogP contribution in [-0.4, -0.2) is 52.4 Å². The van der Waals surface area contributed by atoms with Crippen molar-refractivity contribution in [2.75, 3.05) is 19.6 Å². The number of nitrogens with zero attached hydrogens (tertiary/aromatic N) is 2. The van der Waals surface area contributed by atoms with Gasteiger partial charge in [0.15, 0.2) is 17.1 Å². The Morgan fingerprint density at radius 1 is 1.17 bits per heavy atom. The Labute approximate surface area is 167 Å². The van der Waals surface area contributed by atoms with Gasteiger partial charge in [0, 0.05) is 36.5 Å². The summed E-state index contributed by atoms with van der Waals surface area (Å²) in [6.07, 6.45) is 3.42. The van der Waals surface area contributed by atoms with Gasteiger partial charge in [-0.3, -0.25) is 14.5 Å². The number of benzene rings is 1. The second-order valence-electron chi connectivity index (χ2n) is 8.46. The topological polar surface area (TPSA) is 56.4 Å². The highest BCUT2D eigenvalue weighted by atomic mass is 19.2. The summed E-state index contributed by atoms with van der Waals surface area (Å²) in [5.74, 6) is -2.02. The molecule has 0 spiro atoms. The van der Waals surface area contributed by atoms with Gasteiger partial charge in [-0.15, -0.1) is 0 Å². The molecule has 1 N–H and O–H groups in total. The molecule has 29 heavy (non-hydrogen) atoms. The van der Waals surface area contributed by atoms with E-state index in [-0.39, 0.29) is 41.4 Å². The van der Waals surface area contributed by atoms with Crippen molar-refractivity contribution in [3.8, 4) is 0 Å². The van der Waals surface area contributed by atoms with Gasteiger partial charge >= 0.3 is 0 Å². The number of hydrogen-bond donors (Lipinski definition) is 1. The molecule has 0 aliphatic carbocycles. The fourth-order valence-electron chi connectivity index (χ4n) is 5.63. The number of pyridine rings is 1. The molecule has 152 valence electrons. The zero-order valence-corrected chi connectivity index (χ0v) is 16.2. The zero-order chi connectivity index (χ0) is 20.3. The van der Waals surface area contributed by atoms with Crippen LogP contribution in [-0.2, 0) is 0 Å². The number of piperidine rings is 3. The number of aromatic amines is 1. The lowest BCUT2D eigenvalue weighted by Gasteiger charge is -2.51. The Kier molecular flexibility index (Phi) is 4.31. The minimum absolute atomic E-state index is 0.0488. The van der Waals surface area contributed by atoms with Crippen LogP contribution in [0.1, 0.15) is 40.4 Å². The maximum atomic E-state index is 14.7. The van der Waals surface area contributed by atoms with Gasteiger partial charge in [-0.25, -0.2) is 8.78 Å². The first-order valence-corrected chi connectivity index (χ1v) is 10.1. The van der Waals surface area contributed by atoms with Crippen molar-refractivity contribution in [2.45, 2.75) is 37.8 Å². The Balaban J connectivity index is 1.57. The first-order chi connectivity index (χ1) is 14.0. The molecule has 4 fully saturated rings. The van der Waals surface area contributed by atoms with Crippen molar-refractivity contribution in [1.82, 2.24) is 14.8 Å². The van der Waals surface area contributed by atoms with Gasteiger partial charge in [0.25, 0.3) is 5.91 Å². The van der Waals surface area contributed by atoms with Crippen LogP contribution in [0.3, 0.4) is 0 Å². The molecule has 3 atom stereocenters. The summed E-state index contributed by atoms with van der Waals surface area (Å²) < 4.78 is 28.6. The van der Waals surface area contributed by atoms with Crippen LogP contribution in [0.25, 0.3) is 0 Å². The summed E-state index contributed by atoms with van der Waals surface area (Å²) in [5, 5.41) is 0. The Morgan fingerprint density at radius 3 is 2.66 bits per heavy atom. The molecule has 5 heterocycles. The van der Waals surface area contributed by atoms with Crippen LogP contribution in [0.4, 0.5) is 8.78 Å². The van der Waals surface area contributed by atoms with E-state index in [0.29, 0.717) is 17.2 Å². The molecule has 7 heteroatoms. The van der Waals surface area contributed by atoms with Gasteiger partial charge in [0.2, 0.25) is 0 Å². The van der Waals surface area contributed by atoms with Gasteiger partial charge in [0.05, 0.1) is 6.04 Å². The summed E-state index contributed by atoms with van der Waals surface area (Å²) in [6.45, 7) is 3.87. The van der Waals surface area contributed by atoms with Crippen molar-refractivity contribution < 1.29 is 13.6 Å². The SMILES string of the molecule is Cc1cc(=O)c(C(=O)N2C[C@H](c3cccc(F)c3F)[C@@H]3[C@H]2C2CCN3CC2)c[nH]1. The molecule has 1 aromatic carbocycles. The lowest BCUT2D eigenvalue weighted by molar-refractivity contribution is -0.00364. The van der Waals surface area contributed by atoms with E-state index in [1.807, 2.05) is 0 Å². The number of halogens is 2. The molecular formula is C22H23F2N3O2. The normalized spacial score (nSPS) is 30.4. The molecule has 4 saturated heterocycles. The number of fused-ring (bicyclic) bond motifs is 2. The molecule has 2 aromatic rings. The van der Waals surface area contributed by atoms with Gasteiger partial charge in [-0.1, -0.05) is 12.1 Å². The number of rotatable bonds is 2. The third-order valence-corrected chi connectivity index (χ3v) is 6.92. The summed E-state index contributed by atoms with van der Waals surface area (Å²) in [5.41, 5.74) is 0.796. The molecule has 6 rings (SSSR count). The van der Waals surface area contributed by atoms with Crippen LogP contribution in [0.15, 0.2) is 35.3 Å². The second kappa shape index (κ2) is 6.76. The van der Waals surface area contributed by atoms with Crippen molar-refractivity contribution in [1.29, 1.82) is 0 Å². The number of carbonyl (C=O) groups is 1. The van der Waals surface area contributed by atoms with Gasteiger partial charge in [0.1, 0.15) is 5.56 Å². The van der Waals surface area contributed by atoms with E-state index in [1.165, 1.54) is 18.3 Å². The number of aryl methyl sites for hydroxylation is 1. The zero-order valence-electron chi connectivity index (χ0n) is 16.2. The highest BCUT2D eigenvalue weighted by Gasteiger charge is 2.55. The minimum atomic E-state index is -0.866. The third kappa shape index (κ3) is 2.82. The van der Waals surface area contributed by atoms with E-state index in [4.69, 9.17) is 0 Å². The van der Waals surface area contributed by atoms with Crippen molar-refractivity contribution in [3.05, 3.63) is 69.1 Å². The molecule has 0 unspecified atom stereocenters. The number of hydrogen-bond acceptors (Lipinski definition) is 3. The number of aromatic nitrogens is 1. The first kappa shape index (κ1) is 18.5. The Bertz CT molecular complexity index is 1030. The fourth-order valence-corrected chi connectivity index (χ4v) is 5.63. The number of likely N-dealkylation sites (tertiary alicyclic amines) is 1. The van der Waals surface area contributed by atoms with Crippen LogP contribution >= 0.6 is 0 Å². The molecule has 4 aliphatic rings. The number of amides is 1. The monoisotopic (exact) mass is 399 g/mol. The van der Waals surface area contributed by atoms with E-state index in [2.05, 4.69) is 9.88 Å². The predicted molar refractivity (Wildman–Crippen MR) is 104 cm³/mol. The van der Waals surface area contributed by atoms with Gasteiger partial charge < -0.3 is 9.88 Å². The lowest BCUT2D eigenvalue weighted by Crippen LogP contribution is -2.61. The fraction of sp³-hybridized carbons (Fsp3) is 0.455. The summed E-state index contributed by atoms with van der Waals surface area (Å²) in [4.78, 5) is 32.8.